The average Bonchev–Trinajstić information content (AvgIpc) is 2.61. The zero-order valence-corrected chi connectivity index (χ0v) is 15.1. The Hall–Kier alpha value is -2.53. The van der Waals surface area contributed by atoms with Gasteiger partial charge in [-0.15, -0.1) is 0 Å². The molecule has 3 aromatic carbocycles. The van der Waals surface area contributed by atoms with Gasteiger partial charge in [-0.1, -0.05) is 36.4 Å². The molecule has 0 amide bonds. The molecule has 0 aromatic heterocycles. The molecule has 0 aliphatic carbocycles. The molecule has 0 spiro atoms. The van der Waals surface area contributed by atoms with Crippen molar-refractivity contribution in [2.24, 2.45) is 0 Å². The molecule has 2 nitrogen and oxygen atoms in total. The van der Waals surface area contributed by atoms with Gasteiger partial charge in [-0.3, -0.25) is 0 Å². The number of sulfone groups is 1. The minimum absolute atomic E-state index is 0.225. The SMILES string of the molecule is Cc1ccccc1S(=O)(=O)c1ccc(CCc2ccc(F)cc2F)cc1. The maximum Gasteiger partial charge on any atom is 0.206 e. The Morgan fingerprint density at radius 1 is 0.846 bits per heavy atom. The lowest BCUT2D eigenvalue weighted by atomic mass is 10.0. The second-order valence-corrected chi connectivity index (χ2v) is 8.07. The molecule has 26 heavy (non-hydrogen) atoms. The summed E-state index contributed by atoms with van der Waals surface area (Å²) >= 11 is 0. The van der Waals surface area contributed by atoms with Crippen LogP contribution in [0.4, 0.5) is 8.78 Å². The first-order valence-corrected chi connectivity index (χ1v) is 9.70. The van der Waals surface area contributed by atoms with Gasteiger partial charge in [0.2, 0.25) is 9.84 Å². The Bertz CT molecular complexity index is 1030. The van der Waals surface area contributed by atoms with Crippen molar-refractivity contribution in [1.82, 2.24) is 0 Å². The molecule has 0 saturated heterocycles. The van der Waals surface area contributed by atoms with Gasteiger partial charge in [0.05, 0.1) is 9.79 Å². The van der Waals surface area contributed by atoms with E-state index in [2.05, 4.69) is 0 Å². The van der Waals surface area contributed by atoms with Gasteiger partial charge in [0.25, 0.3) is 0 Å². The molecule has 134 valence electrons. The van der Waals surface area contributed by atoms with Crippen LogP contribution in [0.2, 0.25) is 0 Å². The van der Waals surface area contributed by atoms with Crippen molar-refractivity contribution < 1.29 is 17.2 Å². The lowest BCUT2D eigenvalue weighted by Gasteiger charge is -2.09. The first kappa shape index (κ1) is 18.3. The fourth-order valence-electron chi connectivity index (χ4n) is 2.82. The molecule has 3 aromatic rings. The Balaban J connectivity index is 1.77. The topological polar surface area (TPSA) is 34.1 Å². The third kappa shape index (κ3) is 3.83. The molecule has 0 unspecified atom stereocenters. The monoisotopic (exact) mass is 372 g/mol. The molecule has 5 heteroatoms. The lowest BCUT2D eigenvalue weighted by molar-refractivity contribution is 0.571. The van der Waals surface area contributed by atoms with Crippen molar-refractivity contribution in [2.75, 3.05) is 0 Å². The summed E-state index contributed by atoms with van der Waals surface area (Å²) in [4.78, 5) is 0.518. The molecule has 0 aliphatic heterocycles. The molecule has 0 radical (unpaired) electrons. The molecule has 0 saturated carbocycles. The van der Waals surface area contributed by atoms with Crippen LogP contribution in [0.25, 0.3) is 0 Å². The Morgan fingerprint density at radius 3 is 2.19 bits per heavy atom. The van der Waals surface area contributed by atoms with Gasteiger partial charge in [0.1, 0.15) is 11.6 Å². The van der Waals surface area contributed by atoms with E-state index in [1.807, 2.05) is 0 Å². The minimum atomic E-state index is -3.57. The summed E-state index contributed by atoms with van der Waals surface area (Å²) < 4.78 is 52.1. The van der Waals surface area contributed by atoms with E-state index in [1.165, 1.54) is 12.1 Å². The number of benzene rings is 3. The van der Waals surface area contributed by atoms with Gasteiger partial charge in [-0.2, -0.15) is 0 Å². The lowest BCUT2D eigenvalue weighted by Crippen LogP contribution is -2.04. The van der Waals surface area contributed by atoms with Gasteiger partial charge < -0.3 is 0 Å². The van der Waals surface area contributed by atoms with E-state index in [-0.39, 0.29) is 4.90 Å². The van der Waals surface area contributed by atoms with Crippen molar-refractivity contribution in [1.29, 1.82) is 0 Å². The third-order valence-corrected chi connectivity index (χ3v) is 6.24. The van der Waals surface area contributed by atoms with Crippen molar-refractivity contribution in [3.63, 3.8) is 0 Å². The highest BCUT2D eigenvalue weighted by Crippen LogP contribution is 2.24. The largest absolute Gasteiger partial charge is 0.219 e. The van der Waals surface area contributed by atoms with E-state index in [4.69, 9.17) is 0 Å². The summed E-state index contributed by atoms with van der Waals surface area (Å²) in [6, 6.07) is 17.0. The van der Waals surface area contributed by atoms with Crippen LogP contribution in [0.15, 0.2) is 76.5 Å². The highest BCUT2D eigenvalue weighted by atomic mass is 32.2. The third-order valence-electron chi connectivity index (χ3n) is 4.31. The van der Waals surface area contributed by atoms with E-state index < -0.39 is 21.5 Å². The number of hydrogen-bond acceptors (Lipinski definition) is 2. The van der Waals surface area contributed by atoms with Crippen molar-refractivity contribution in [3.05, 3.63) is 95.1 Å². The number of aryl methyl sites for hydroxylation is 3. The molecule has 0 N–H and O–H groups in total. The van der Waals surface area contributed by atoms with Crippen LogP contribution in [0.5, 0.6) is 0 Å². The summed E-state index contributed by atoms with van der Waals surface area (Å²) in [5.74, 6) is -1.17. The van der Waals surface area contributed by atoms with E-state index in [1.54, 1.807) is 55.5 Å². The van der Waals surface area contributed by atoms with Crippen LogP contribution in [0.3, 0.4) is 0 Å². The van der Waals surface area contributed by atoms with Crippen molar-refractivity contribution in [3.8, 4) is 0 Å². The van der Waals surface area contributed by atoms with Crippen LogP contribution in [-0.2, 0) is 22.7 Å². The van der Waals surface area contributed by atoms with Crippen LogP contribution >= 0.6 is 0 Å². The summed E-state index contributed by atoms with van der Waals surface area (Å²) in [7, 11) is -3.57. The summed E-state index contributed by atoms with van der Waals surface area (Å²) in [5.41, 5.74) is 2.02. The van der Waals surface area contributed by atoms with E-state index >= 15 is 0 Å². The smallest absolute Gasteiger partial charge is 0.206 e. The molecule has 0 aliphatic rings. The van der Waals surface area contributed by atoms with Gasteiger partial charge in [-0.25, -0.2) is 17.2 Å². The standard InChI is InChI=1S/C21H18F2O2S/c1-15-4-2-3-5-21(15)26(24,25)19-12-7-16(8-13-19)6-9-17-10-11-18(22)14-20(17)23/h2-5,7-8,10-14H,6,9H2,1H3. The number of rotatable bonds is 5. The normalized spacial score (nSPS) is 11.5. The summed E-state index contributed by atoms with van der Waals surface area (Å²) in [6.07, 6.45) is 0.948. The zero-order valence-electron chi connectivity index (χ0n) is 14.2. The molecule has 0 heterocycles. The molecule has 3 rings (SSSR count). The Kier molecular flexibility index (Phi) is 5.18. The second kappa shape index (κ2) is 7.38. The van der Waals surface area contributed by atoms with E-state index in [9.17, 15) is 17.2 Å². The number of hydrogen-bond donors (Lipinski definition) is 0. The molecule has 0 fully saturated rings. The molecular weight excluding hydrogens is 354 g/mol. The van der Waals surface area contributed by atoms with Crippen molar-refractivity contribution >= 4 is 9.84 Å². The predicted molar refractivity (Wildman–Crippen MR) is 96.8 cm³/mol. The fourth-order valence-corrected chi connectivity index (χ4v) is 4.32. The van der Waals surface area contributed by atoms with Crippen molar-refractivity contribution in [2.45, 2.75) is 29.6 Å². The molecular formula is C21H18F2O2S. The average molecular weight is 372 g/mol. The quantitative estimate of drug-likeness (QED) is 0.639. The molecule has 0 bridgehead atoms. The van der Waals surface area contributed by atoms with Gasteiger partial charge in [0, 0.05) is 6.07 Å². The highest BCUT2D eigenvalue weighted by molar-refractivity contribution is 7.91. The first-order valence-electron chi connectivity index (χ1n) is 8.21. The van der Waals surface area contributed by atoms with Crippen LogP contribution in [-0.4, -0.2) is 8.42 Å². The number of halogens is 2. The van der Waals surface area contributed by atoms with Gasteiger partial charge in [0.15, 0.2) is 0 Å². The van der Waals surface area contributed by atoms with Gasteiger partial charge in [-0.05, 0) is 60.7 Å². The zero-order chi connectivity index (χ0) is 18.7. The van der Waals surface area contributed by atoms with Crippen LogP contribution in [0.1, 0.15) is 16.7 Å². The van der Waals surface area contributed by atoms with Crippen LogP contribution in [0, 0.1) is 18.6 Å². The van der Waals surface area contributed by atoms with Gasteiger partial charge >= 0.3 is 0 Å². The minimum Gasteiger partial charge on any atom is -0.219 e. The van der Waals surface area contributed by atoms with E-state index in [0.29, 0.717) is 28.9 Å². The Labute approximate surface area is 152 Å². The van der Waals surface area contributed by atoms with E-state index in [0.717, 1.165) is 11.6 Å². The highest BCUT2D eigenvalue weighted by Gasteiger charge is 2.19. The molecule has 0 atom stereocenters. The predicted octanol–water partition coefficient (Wildman–Crippen LogP) is 4.89. The maximum absolute atomic E-state index is 13.7. The second-order valence-electron chi connectivity index (χ2n) is 6.15. The maximum atomic E-state index is 13.7. The summed E-state index contributed by atoms with van der Waals surface area (Å²) in [6.45, 7) is 1.76. The summed E-state index contributed by atoms with van der Waals surface area (Å²) in [5, 5.41) is 0. The Morgan fingerprint density at radius 2 is 1.54 bits per heavy atom. The first-order chi connectivity index (χ1) is 12.4. The van der Waals surface area contributed by atoms with Crippen LogP contribution < -0.4 is 0 Å². The fraction of sp³-hybridized carbons (Fsp3) is 0.143.